The van der Waals surface area contributed by atoms with Crippen molar-refractivity contribution in [3.05, 3.63) is 35.4 Å². The molecular formula is C20H30N2O3. The van der Waals surface area contributed by atoms with E-state index in [1.807, 2.05) is 0 Å². The van der Waals surface area contributed by atoms with Crippen LogP contribution >= 0.6 is 0 Å². The van der Waals surface area contributed by atoms with Gasteiger partial charge in [-0.25, -0.2) is 0 Å². The van der Waals surface area contributed by atoms with E-state index in [2.05, 4.69) is 48.3 Å². The van der Waals surface area contributed by atoms with Crippen LogP contribution in [0.2, 0.25) is 0 Å². The molecule has 1 aliphatic carbocycles. The third-order valence-electron chi connectivity index (χ3n) is 5.75. The molecule has 0 radical (unpaired) electrons. The van der Waals surface area contributed by atoms with Crippen LogP contribution in [-0.2, 0) is 14.3 Å². The van der Waals surface area contributed by atoms with Crippen LogP contribution in [0.5, 0.6) is 0 Å². The number of hydrogen-bond acceptors (Lipinski definition) is 4. The summed E-state index contributed by atoms with van der Waals surface area (Å²) >= 11 is 0. The van der Waals surface area contributed by atoms with Crippen molar-refractivity contribution in [2.45, 2.75) is 38.3 Å². The second kappa shape index (κ2) is 8.30. The normalized spacial score (nSPS) is 26.3. The van der Waals surface area contributed by atoms with Gasteiger partial charge in [0.25, 0.3) is 0 Å². The Labute approximate surface area is 150 Å². The fourth-order valence-electron chi connectivity index (χ4n) is 4.21. The Morgan fingerprint density at radius 1 is 1.28 bits per heavy atom. The van der Waals surface area contributed by atoms with Gasteiger partial charge in [0.2, 0.25) is 5.91 Å². The molecule has 4 atom stereocenters. The predicted octanol–water partition coefficient (Wildman–Crippen LogP) is 2.33. The maximum atomic E-state index is 12.3. The molecule has 138 valence electrons. The first-order chi connectivity index (χ1) is 12.2. The van der Waals surface area contributed by atoms with Crippen LogP contribution in [0.15, 0.2) is 24.3 Å². The van der Waals surface area contributed by atoms with E-state index in [4.69, 9.17) is 9.47 Å². The van der Waals surface area contributed by atoms with Crippen LogP contribution in [-0.4, -0.2) is 56.9 Å². The molecule has 0 aromatic heterocycles. The number of fused-ring (bicyclic) bond motifs is 3. The molecule has 1 saturated heterocycles. The van der Waals surface area contributed by atoms with Crippen molar-refractivity contribution in [3.63, 3.8) is 0 Å². The van der Waals surface area contributed by atoms with Crippen molar-refractivity contribution in [3.8, 4) is 0 Å². The second-order valence-corrected chi connectivity index (χ2v) is 7.20. The quantitative estimate of drug-likeness (QED) is 0.734. The Morgan fingerprint density at radius 3 is 2.76 bits per heavy atom. The first kappa shape index (κ1) is 18.4. The number of nitrogens with zero attached hydrogens (tertiary/aromatic N) is 1. The molecule has 0 bridgehead atoms. The summed E-state index contributed by atoms with van der Waals surface area (Å²) in [4.78, 5) is 14.9. The first-order valence-corrected chi connectivity index (χ1v) is 9.34. The monoisotopic (exact) mass is 346 g/mol. The zero-order chi connectivity index (χ0) is 17.8. The number of ether oxygens (including phenoxy) is 2. The van der Waals surface area contributed by atoms with Crippen LogP contribution < -0.4 is 5.32 Å². The fourth-order valence-corrected chi connectivity index (χ4v) is 4.21. The number of rotatable bonds is 8. The molecule has 5 heteroatoms. The van der Waals surface area contributed by atoms with Crippen LogP contribution in [0, 0.1) is 5.92 Å². The molecule has 0 unspecified atom stereocenters. The Hall–Kier alpha value is -1.43. The van der Waals surface area contributed by atoms with E-state index in [0.717, 1.165) is 19.5 Å². The van der Waals surface area contributed by atoms with Crippen molar-refractivity contribution in [2.75, 3.05) is 40.0 Å². The number of nitrogens with one attached hydrogen (secondary N) is 1. The minimum Gasteiger partial charge on any atom is -0.382 e. The topological polar surface area (TPSA) is 50.8 Å². The lowest BCUT2D eigenvalue weighted by Crippen LogP contribution is -2.37. The highest BCUT2D eigenvalue weighted by atomic mass is 16.5. The largest absolute Gasteiger partial charge is 0.382 e. The van der Waals surface area contributed by atoms with E-state index in [-0.39, 0.29) is 18.6 Å². The maximum absolute atomic E-state index is 12.3. The van der Waals surface area contributed by atoms with Gasteiger partial charge in [-0.05, 0) is 24.5 Å². The first-order valence-electron chi connectivity index (χ1n) is 9.34. The Balaban J connectivity index is 1.68. The number of carbonyl (C=O) groups excluding carboxylic acids is 1. The molecule has 1 aliphatic heterocycles. The van der Waals surface area contributed by atoms with E-state index in [0.29, 0.717) is 31.1 Å². The van der Waals surface area contributed by atoms with Gasteiger partial charge in [0.1, 0.15) is 6.61 Å². The molecular weight excluding hydrogens is 316 g/mol. The highest BCUT2D eigenvalue weighted by Gasteiger charge is 2.47. The minimum absolute atomic E-state index is 0.0430. The minimum atomic E-state index is -0.0430. The summed E-state index contributed by atoms with van der Waals surface area (Å²) in [6.45, 7) is 7.71. The van der Waals surface area contributed by atoms with Crippen molar-refractivity contribution in [1.82, 2.24) is 10.2 Å². The zero-order valence-electron chi connectivity index (χ0n) is 15.5. The summed E-state index contributed by atoms with van der Waals surface area (Å²) in [5, 5.41) is 3.23. The van der Waals surface area contributed by atoms with Crippen LogP contribution in [0.3, 0.4) is 0 Å². The summed E-state index contributed by atoms with van der Waals surface area (Å²) < 4.78 is 10.3. The van der Waals surface area contributed by atoms with Crippen LogP contribution in [0.25, 0.3) is 0 Å². The van der Waals surface area contributed by atoms with E-state index in [1.165, 1.54) is 11.1 Å². The predicted molar refractivity (Wildman–Crippen MR) is 97.6 cm³/mol. The lowest BCUT2D eigenvalue weighted by atomic mass is 9.94. The van der Waals surface area contributed by atoms with Crippen LogP contribution in [0.1, 0.15) is 43.4 Å². The Morgan fingerprint density at radius 2 is 2.04 bits per heavy atom. The van der Waals surface area contributed by atoms with Gasteiger partial charge >= 0.3 is 0 Å². The van der Waals surface area contributed by atoms with E-state index in [9.17, 15) is 4.79 Å². The third-order valence-corrected chi connectivity index (χ3v) is 5.75. The average Bonchev–Trinajstić information content (AvgIpc) is 3.18. The average molecular weight is 346 g/mol. The van der Waals surface area contributed by atoms with Gasteiger partial charge in [0.15, 0.2) is 0 Å². The van der Waals surface area contributed by atoms with Crippen molar-refractivity contribution < 1.29 is 14.3 Å². The van der Waals surface area contributed by atoms with Crippen LogP contribution in [0.4, 0.5) is 0 Å². The van der Waals surface area contributed by atoms with E-state index >= 15 is 0 Å². The third kappa shape index (κ3) is 3.89. The second-order valence-electron chi connectivity index (χ2n) is 7.20. The lowest BCUT2D eigenvalue weighted by Gasteiger charge is -2.26. The summed E-state index contributed by atoms with van der Waals surface area (Å²) in [6, 6.07) is 9.26. The summed E-state index contributed by atoms with van der Waals surface area (Å²) in [6.07, 6.45) is 1.16. The van der Waals surface area contributed by atoms with E-state index in [1.54, 1.807) is 7.11 Å². The number of hydrogen-bond donors (Lipinski definition) is 1. The Bertz CT molecular complexity index is 592. The maximum Gasteiger partial charge on any atom is 0.246 e. The SMILES string of the molecule is CC[C@H](C)N1C[C@@H]2[C@H](NC(=O)COCCOC)c3ccccc3[C@@H]2C1. The molecule has 1 aromatic rings. The Kier molecular flexibility index (Phi) is 6.10. The summed E-state index contributed by atoms with van der Waals surface area (Å²) in [5.74, 6) is 0.929. The molecule has 0 saturated carbocycles. The number of likely N-dealkylation sites (tertiary alicyclic amines) is 1. The highest BCUT2D eigenvalue weighted by Crippen LogP contribution is 2.49. The fraction of sp³-hybridized carbons (Fsp3) is 0.650. The number of amides is 1. The highest BCUT2D eigenvalue weighted by molar-refractivity contribution is 5.78. The van der Waals surface area contributed by atoms with Gasteiger partial charge in [-0.15, -0.1) is 0 Å². The van der Waals surface area contributed by atoms with Crippen molar-refractivity contribution >= 4 is 5.91 Å². The molecule has 1 heterocycles. The summed E-state index contributed by atoms with van der Waals surface area (Å²) in [7, 11) is 1.63. The summed E-state index contributed by atoms with van der Waals surface area (Å²) in [5.41, 5.74) is 2.69. The van der Waals surface area contributed by atoms with Gasteiger partial charge in [0, 0.05) is 38.1 Å². The number of carbonyl (C=O) groups is 1. The van der Waals surface area contributed by atoms with Gasteiger partial charge in [-0.3, -0.25) is 9.69 Å². The molecule has 1 amide bonds. The molecule has 1 fully saturated rings. The molecule has 1 aromatic carbocycles. The molecule has 1 N–H and O–H groups in total. The molecule has 25 heavy (non-hydrogen) atoms. The van der Waals surface area contributed by atoms with Gasteiger partial charge < -0.3 is 14.8 Å². The van der Waals surface area contributed by atoms with Crippen molar-refractivity contribution in [1.29, 1.82) is 0 Å². The molecule has 2 aliphatic rings. The zero-order valence-corrected chi connectivity index (χ0v) is 15.5. The van der Waals surface area contributed by atoms with Gasteiger partial charge in [-0.1, -0.05) is 31.2 Å². The standard InChI is InChI=1S/C20H30N2O3/c1-4-14(2)22-11-17-15-7-5-6-8-16(15)20(18(17)12-22)21-19(23)13-25-10-9-24-3/h5-8,14,17-18,20H,4,9-13H2,1-3H3,(H,21,23)/t14-,17-,18-,20+/m0/s1. The number of methoxy groups -OCH3 is 1. The van der Waals surface area contributed by atoms with E-state index < -0.39 is 0 Å². The number of benzene rings is 1. The van der Waals surface area contributed by atoms with Gasteiger partial charge in [0.05, 0.1) is 19.3 Å². The van der Waals surface area contributed by atoms with Crippen molar-refractivity contribution in [2.24, 2.45) is 5.92 Å². The lowest BCUT2D eigenvalue weighted by molar-refractivity contribution is -0.127. The smallest absolute Gasteiger partial charge is 0.246 e. The molecule has 5 nitrogen and oxygen atoms in total. The molecule has 3 rings (SSSR count). The molecule has 0 spiro atoms. The van der Waals surface area contributed by atoms with Gasteiger partial charge in [-0.2, -0.15) is 0 Å².